The quantitative estimate of drug-likeness (QED) is 0.591. The Morgan fingerprint density at radius 3 is 2.67 bits per heavy atom. The molecule has 0 aliphatic rings. The number of hydrogen-bond donors (Lipinski definition) is 1. The van der Waals surface area contributed by atoms with E-state index in [1.165, 1.54) is 29.8 Å². The lowest BCUT2D eigenvalue weighted by molar-refractivity contribution is -0.384. The largest absolute Gasteiger partial charge is 0.382 e. The average Bonchev–Trinajstić information content (AvgIpc) is 2.90. The van der Waals surface area contributed by atoms with Crippen molar-refractivity contribution in [1.82, 2.24) is 9.97 Å². The normalized spacial score (nSPS) is 11.2. The molecule has 0 saturated heterocycles. The molecule has 7 heteroatoms. The summed E-state index contributed by atoms with van der Waals surface area (Å²) in [6.45, 7) is 0. The smallest absolute Gasteiger partial charge is 0.269 e. The van der Waals surface area contributed by atoms with Crippen molar-refractivity contribution in [2.75, 3.05) is 5.73 Å². The van der Waals surface area contributed by atoms with Gasteiger partial charge in [0, 0.05) is 23.1 Å². The Kier molecular flexibility index (Phi) is 3.33. The molecule has 0 atom stereocenters. The molecule has 0 bridgehead atoms. The van der Waals surface area contributed by atoms with E-state index in [9.17, 15) is 10.1 Å². The second-order valence-corrected chi connectivity index (χ2v) is 5.19. The number of thiophene rings is 1. The van der Waals surface area contributed by atoms with Gasteiger partial charge in [0.15, 0.2) is 0 Å². The lowest BCUT2D eigenvalue weighted by Gasteiger charge is -1.95. The third-order valence-corrected chi connectivity index (χ3v) is 3.98. The molecule has 0 aliphatic carbocycles. The average molecular weight is 298 g/mol. The van der Waals surface area contributed by atoms with Crippen molar-refractivity contribution in [3.8, 4) is 0 Å². The summed E-state index contributed by atoms with van der Waals surface area (Å²) in [7, 11) is 0. The number of nitro benzene ring substituents is 1. The van der Waals surface area contributed by atoms with Crippen molar-refractivity contribution >= 4 is 45.2 Å². The van der Waals surface area contributed by atoms with Crippen LogP contribution in [0.15, 0.2) is 36.0 Å². The predicted molar refractivity (Wildman–Crippen MR) is 83.9 cm³/mol. The molecule has 0 amide bonds. The molecule has 2 heterocycles. The summed E-state index contributed by atoms with van der Waals surface area (Å²) in [6.07, 6.45) is 5.23. The first-order valence-electron chi connectivity index (χ1n) is 6.05. The van der Waals surface area contributed by atoms with Gasteiger partial charge in [0.25, 0.3) is 5.69 Å². The van der Waals surface area contributed by atoms with E-state index < -0.39 is 4.92 Å². The van der Waals surface area contributed by atoms with Gasteiger partial charge in [0.2, 0.25) is 0 Å². The molecular formula is C14H10N4O2S. The molecule has 6 nitrogen and oxygen atoms in total. The van der Waals surface area contributed by atoms with Gasteiger partial charge in [-0.1, -0.05) is 12.2 Å². The van der Waals surface area contributed by atoms with Crippen LogP contribution in [0.2, 0.25) is 0 Å². The fraction of sp³-hybridized carbons (Fsp3) is 0. The number of nitrogens with zero attached hydrogens (tertiary/aromatic N) is 3. The second-order valence-electron chi connectivity index (χ2n) is 4.31. The van der Waals surface area contributed by atoms with E-state index in [0.717, 1.165) is 21.3 Å². The number of hydrogen-bond acceptors (Lipinski definition) is 6. The molecular weight excluding hydrogens is 288 g/mol. The van der Waals surface area contributed by atoms with Gasteiger partial charge in [-0.05, 0) is 17.7 Å². The third kappa shape index (κ3) is 2.59. The van der Waals surface area contributed by atoms with Gasteiger partial charge >= 0.3 is 0 Å². The molecule has 0 spiro atoms. The van der Waals surface area contributed by atoms with Crippen LogP contribution in [-0.4, -0.2) is 14.9 Å². The molecule has 0 unspecified atom stereocenters. The van der Waals surface area contributed by atoms with E-state index in [-0.39, 0.29) is 5.69 Å². The minimum Gasteiger partial charge on any atom is -0.382 e. The van der Waals surface area contributed by atoms with Gasteiger partial charge in [0.1, 0.15) is 12.1 Å². The number of non-ortho nitro benzene ring substituents is 1. The van der Waals surface area contributed by atoms with E-state index in [0.29, 0.717) is 5.82 Å². The van der Waals surface area contributed by atoms with Crippen LogP contribution in [0.1, 0.15) is 11.1 Å². The number of rotatable bonds is 3. The van der Waals surface area contributed by atoms with Crippen molar-refractivity contribution < 1.29 is 4.92 Å². The van der Waals surface area contributed by atoms with E-state index in [1.54, 1.807) is 12.1 Å². The van der Waals surface area contributed by atoms with Gasteiger partial charge < -0.3 is 5.73 Å². The highest BCUT2D eigenvalue weighted by molar-refractivity contribution is 7.18. The highest BCUT2D eigenvalue weighted by Gasteiger charge is 2.06. The lowest BCUT2D eigenvalue weighted by Crippen LogP contribution is -1.90. The second kappa shape index (κ2) is 5.29. The molecule has 3 rings (SSSR count). The number of benzene rings is 1. The summed E-state index contributed by atoms with van der Waals surface area (Å²) < 4.78 is 0.862. The third-order valence-electron chi connectivity index (χ3n) is 2.97. The number of fused-ring (bicyclic) bond motifs is 1. The van der Waals surface area contributed by atoms with Gasteiger partial charge in [-0.15, -0.1) is 11.3 Å². The molecule has 104 valence electrons. The zero-order valence-corrected chi connectivity index (χ0v) is 11.6. The summed E-state index contributed by atoms with van der Waals surface area (Å²) in [5, 5.41) is 12.6. The highest BCUT2D eigenvalue weighted by Crippen LogP contribution is 2.28. The summed E-state index contributed by atoms with van der Waals surface area (Å²) >= 11 is 1.49. The Morgan fingerprint density at radius 1 is 1.19 bits per heavy atom. The molecule has 21 heavy (non-hydrogen) atoms. The van der Waals surface area contributed by atoms with Gasteiger partial charge in [0.05, 0.1) is 15.1 Å². The molecule has 2 aromatic heterocycles. The topological polar surface area (TPSA) is 94.9 Å². The summed E-state index contributed by atoms with van der Waals surface area (Å²) in [5.74, 6) is 0.472. The lowest BCUT2D eigenvalue weighted by atomic mass is 10.1. The molecule has 0 fully saturated rings. The van der Waals surface area contributed by atoms with Crippen molar-refractivity contribution in [2.24, 2.45) is 0 Å². The SMILES string of the molecule is Nc1ncnc2c(C=Cc3ccc([N+](=O)[O-])cc3)csc12. The molecule has 2 N–H and O–H groups in total. The number of nitro groups is 1. The maximum atomic E-state index is 10.6. The minimum absolute atomic E-state index is 0.0775. The Balaban J connectivity index is 1.91. The molecule has 0 saturated carbocycles. The van der Waals surface area contributed by atoms with Crippen LogP contribution >= 0.6 is 11.3 Å². The van der Waals surface area contributed by atoms with E-state index in [1.807, 2.05) is 17.5 Å². The number of aromatic nitrogens is 2. The fourth-order valence-corrected chi connectivity index (χ4v) is 2.79. The monoisotopic (exact) mass is 298 g/mol. The number of nitrogen functional groups attached to an aromatic ring is 1. The van der Waals surface area contributed by atoms with Crippen LogP contribution < -0.4 is 5.73 Å². The van der Waals surface area contributed by atoms with Gasteiger partial charge in [-0.25, -0.2) is 9.97 Å². The first-order valence-corrected chi connectivity index (χ1v) is 6.93. The predicted octanol–water partition coefficient (Wildman–Crippen LogP) is 3.35. The van der Waals surface area contributed by atoms with E-state index >= 15 is 0 Å². The van der Waals surface area contributed by atoms with Crippen LogP contribution in [0.5, 0.6) is 0 Å². The summed E-state index contributed by atoms with van der Waals surface area (Å²) in [4.78, 5) is 18.4. The van der Waals surface area contributed by atoms with Crippen molar-refractivity contribution in [1.29, 1.82) is 0 Å². The van der Waals surface area contributed by atoms with Gasteiger partial charge in [-0.2, -0.15) is 0 Å². The van der Waals surface area contributed by atoms with Gasteiger partial charge in [-0.3, -0.25) is 10.1 Å². The highest BCUT2D eigenvalue weighted by atomic mass is 32.1. The number of anilines is 1. The zero-order valence-electron chi connectivity index (χ0n) is 10.8. The Hall–Kier alpha value is -2.80. The summed E-state index contributed by atoms with van der Waals surface area (Å²) in [5.41, 5.74) is 8.50. The van der Waals surface area contributed by atoms with Crippen LogP contribution in [-0.2, 0) is 0 Å². The van der Waals surface area contributed by atoms with Crippen molar-refractivity contribution in [2.45, 2.75) is 0 Å². The summed E-state index contributed by atoms with van der Waals surface area (Å²) in [6, 6.07) is 6.36. The van der Waals surface area contributed by atoms with Crippen LogP contribution in [0, 0.1) is 10.1 Å². The van der Waals surface area contributed by atoms with Crippen LogP contribution in [0.3, 0.4) is 0 Å². The Morgan fingerprint density at radius 2 is 1.95 bits per heavy atom. The zero-order chi connectivity index (χ0) is 14.8. The van der Waals surface area contributed by atoms with Crippen LogP contribution in [0.25, 0.3) is 22.4 Å². The molecule has 0 aliphatic heterocycles. The molecule has 0 radical (unpaired) electrons. The first-order chi connectivity index (χ1) is 10.1. The molecule has 3 aromatic rings. The van der Waals surface area contributed by atoms with Crippen molar-refractivity contribution in [3.63, 3.8) is 0 Å². The Labute approximate surface area is 123 Å². The van der Waals surface area contributed by atoms with Crippen LogP contribution in [0.4, 0.5) is 11.5 Å². The van der Waals surface area contributed by atoms with E-state index in [4.69, 9.17) is 5.73 Å². The maximum Gasteiger partial charge on any atom is 0.269 e. The first kappa shape index (κ1) is 13.2. The standard InChI is InChI=1S/C14H10N4O2S/c15-14-13-12(16-8-17-14)10(7-21-13)4-1-9-2-5-11(6-3-9)18(19)20/h1-8H,(H2,15,16,17). The van der Waals surface area contributed by atoms with E-state index in [2.05, 4.69) is 9.97 Å². The molecule has 1 aromatic carbocycles. The fourth-order valence-electron chi connectivity index (χ4n) is 1.90. The van der Waals surface area contributed by atoms with Crippen molar-refractivity contribution in [3.05, 3.63) is 57.2 Å². The number of nitrogens with two attached hydrogens (primary N) is 1. The minimum atomic E-state index is -0.417. The maximum absolute atomic E-state index is 10.6. The Bertz CT molecular complexity index is 840.